The second-order valence-electron chi connectivity index (χ2n) is 7.94. The molecule has 2 aromatic heterocycles. The van der Waals surface area contributed by atoms with Crippen LogP contribution in [0.25, 0.3) is 0 Å². The number of fused-ring (bicyclic) bond motifs is 2. The summed E-state index contributed by atoms with van der Waals surface area (Å²) in [7, 11) is 1.89. The summed E-state index contributed by atoms with van der Waals surface area (Å²) in [5.74, 6) is 0.667. The summed E-state index contributed by atoms with van der Waals surface area (Å²) in [4.78, 5) is 2.68. The summed E-state index contributed by atoms with van der Waals surface area (Å²) in [5, 5.41) is 8.20. The Bertz CT molecular complexity index is 628. The van der Waals surface area contributed by atoms with Gasteiger partial charge in [0.1, 0.15) is 5.60 Å². The molecule has 2 aliphatic heterocycles. The zero-order chi connectivity index (χ0) is 16.8. The van der Waals surface area contributed by atoms with E-state index in [0.717, 1.165) is 6.42 Å². The minimum absolute atomic E-state index is 0.291. The van der Waals surface area contributed by atoms with Gasteiger partial charge in [-0.15, -0.1) is 22.7 Å². The molecule has 24 heavy (non-hydrogen) atoms. The second kappa shape index (κ2) is 6.24. The molecule has 0 aromatic carbocycles. The van der Waals surface area contributed by atoms with Crippen molar-refractivity contribution in [2.75, 3.05) is 7.11 Å². The Labute approximate surface area is 153 Å². The minimum atomic E-state index is -0.291. The lowest BCUT2D eigenvalue weighted by atomic mass is 9.65. The van der Waals surface area contributed by atoms with Crippen LogP contribution in [0.1, 0.15) is 49.3 Å². The lowest BCUT2D eigenvalue weighted by Crippen LogP contribution is -2.52. The molecule has 1 N–H and O–H groups in total. The Morgan fingerprint density at radius 3 is 2.38 bits per heavy atom. The molecule has 2 nitrogen and oxygen atoms in total. The fourth-order valence-electron chi connectivity index (χ4n) is 4.84. The molecule has 4 heteroatoms. The molecule has 4 rings (SSSR count). The molecule has 2 aliphatic rings. The zero-order valence-corrected chi connectivity index (χ0v) is 16.4. The van der Waals surface area contributed by atoms with Crippen molar-refractivity contribution in [2.24, 2.45) is 11.3 Å². The molecule has 0 aliphatic carbocycles. The Morgan fingerprint density at radius 1 is 1.17 bits per heavy atom. The number of piperidine rings is 1. The molecular formula is C20H27NOS2. The van der Waals surface area contributed by atoms with Gasteiger partial charge in [-0.25, -0.2) is 0 Å². The van der Waals surface area contributed by atoms with Crippen LogP contribution < -0.4 is 5.32 Å². The highest BCUT2D eigenvalue weighted by molar-refractivity contribution is 7.11. The van der Waals surface area contributed by atoms with Gasteiger partial charge in [-0.05, 0) is 59.9 Å². The highest BCUT2D eigenvalue weighted by atomic mass is 32.1. The van der Waals surface area contributed by atoms with Gasteiger partial charge in [-0.1, -0.05) is 26.0 Å². The van der Waals surface area contributed by atoms with Crippen LogP contribution in [0.5, 0.6) is 0 Å². The molecule has 2 fully saturated rings. The van der Waals surface area contributed by atoms with Crippen molar-refractivity contribution in [1.29, 1.82) is 0 Å². The lowest BCUT2D eigenvalue weighted by molar-refractivity contribution is -0.0279. The minimum Gasteiger partial charge on any atom is -0.367 e. The first-order valence-electron chi connectivity index (χ1n) is 8.95. The van der Waals surface area contributed by atoms with E-state index in [2.05, 4.69) is 54.2 Å². The molecule has 3 atom stereocenters. The zero-order valence-electron chi connectivity index (χ0n) is 14.7. The number of rotatable bonds is 5. The first kappa shape index (κ1) is 16.8. The molecule has 0 radical (unpaired) electrons. The Morgan fingerprint density at radius 2 is 1.83 bits per heavy atom. The summed E-state index contributed by atoms with van der Waals surface area (Å²) in [6.45, 7) is 4.92. The number of ether oxygens (including phenoxy) is 1. The van der Waals surface area contributed by atoms with Crippen LogP contribution in [0.15, 0.2) is 35.0 Å². The van der Waals surface area contributed by atoms with Crippen LogP contribution in [-0.4, -0.2) is 19.2 Å². The van der Waals surface area contributed by atoms with E-state index < -0.39 is 0 Å². The molecule has 3 unspecified atom stereocenters. The summed E-state index contributed by atoms with van der Waals surface area (Å²) < 4.78 is 6.31. The van der Waals surface area contributed by atoms with Crippen LogP contribution >= 0.6 is 22.7 Å². The van der Waals surface area contributed by atoms with E-state index in [-0.39, 0.29) is 5.60 Å². The molecule has 0 amide bonds. The molecule has 2 bridgehead atoms. The van der Waals surface area contributed by atoms with Crippen LogP contribution in [0.4, 0.5) is 0 Å². The smallest absolute Gasteiger partial charge is 0.136 e. The first-order valence-corrected chi connectivity index (χ1v) is 10.7. The third kappa shape index (κ3) is 2.59. The molecule has 0 saturated carbocycles. The van der Waals surface area contributed by atoms with E-state index in [9.17, 15) is 0 Å². The van der Waals surface area contributed by atoms with Crippen molar-refractivity contribution in [3.8, 4) is 0 Å². The normalized spacial score (nSPS) is 29.0. The lowest BCUT2D eigenvalue weighted by Gasteiger charge is -2.47. The van der Waals surface area contributed by atoms with Crippen LogP contribution in [0.3, 0.4) is 0 Å². The number of nitrogens with one attached hydrogen (secondary N) is 1. The van der Waals surface area contributed by atoms with Crippen LogP contribution in [0.2, 0.25) is 0 Å². The monoisotopic (exact) mass is 361 g/mol. The molecule has 4 heterocycles. The number of hydrogen-bond donors (Lipinski definition) is 1. The van der Waals surface area contributed by atoms with Gasteiger partial charge in [0.25, 0.3) is 0 Å². The quantitative estimate of drug-likeness (QED) is 0.784. The van der Waals surface area contributed by atoms with E-state index in [0.29, 0.717) is 23.4 Å². The van der Waals surface area contributed by atoms with Gasteiger partial charge in [-0.2, -0.15) is 0 Å². The Balaban J connectivity index is 1.73. The predicted molar refractivity (Wildman–Crippen MR) is 103 cm³/mol. The summed E-state index contributed by atoms with van der Waals surface area (Å²) in [5.41, 5.74) is 0.0202. The molecule has 0 spiro atoms. The van der Waals surface area contributed by atoms with Gasteiger partial charge >= 0.3 is 0 Å². The SMILES string of the molecule is COC(CC1CC2CCC(N2)C1(C)C)(c1cccs1)c1cccs1. The van der Waals surface area contributed by atoms with E-state index >= 15 is 0 Å². The fraction of sp³-hybridized carbons (Fsp3) is 0.600. The fourth-order valence-corrected chi connectivity index (χ4v) is 6.76. The average molecular weight is 362 g/mol. The number of methoxy groups -OCH3 is 1. The maximum Gasteiger partial charge on any atom is 0.136 e. The molecule has 2 aromatic rings. The van der Waals surface area contributed by atoms with Gasteiger partial charge in [0.05, 0.1) is 0 Å². The van der Waals surface area contributed by atoms with Gasteiger partial charge in [0.15, 0.2) is 0 Å². The largest absolute Gasteiger partial charge is 0.367 e. The first-order chi connectivity index (χ1) is 11.6. The summed E-state index contributed by atoms with van der Waals surface area (Å²) in [6.07, 6.45) is 5.01. The van der Waals surface area contributed by atoms with Gasteiger partial charge < -0.3 is 10.1 Å². The van der Waals surface area contributed by atoms with Gasteiger partial charge in [-0.3, -0.25) is 0 Å². The molecule has 130 valence electrons. The Kier molecular flexibility index (Phi) is 4.36. The van der Waals surface area contributed by atoms with Crippen molar-refractivity contribution >= 4 is 22.7 Å². The molecule has 2 saturated heterocycles. The van der Waals surface area contributed by atoms with Crippen molar-refractivity contribution in [3.05, 3.63) is 44.8 Å². The van der Waals surface area contributed by atoms with Crippen molar-refractivity contribution < 1.29 is 4.74 Å². The third-order valence-corrected chi connectivity index (χ3v) is 8.51. The van der Waals surface area contributed by atoms with Crippen molar-refractivity contribution in [1.82, 2.24) is 5.32 Å². The third-order valence-electron chi connectivity index (χ3n) is 6.48. The van der Waals surface area contributed by atoms with Crippen LogP contribution in [-0.2, 0) is 10.3 Å². The number of thiophene rings is 2. The maximum atomic E-state index is 6.31. The van der Waals surface area contributed by atoms with E-state index in [4.69, 9.17) is 4.74 Å². The van der Waals surface area contributed by atoms with E-state index in [1.807, 2.05) is 29.8 Å². The molecular weight excluding hydrogens is 334 g/mol. The van der Waals surface area contributed by atoms with E-state index in [1.54, 1.807) is 0 Å². The number of hydrogen-bond acceptors (Lipinski definition) is 4. The van der Waals surface area contributed by atoms with Gasteiger partial charge in [0, 0.05) is 28.9 Å². The standard InChI is InChI=1S/C20H27NOS2/c1-19(2)14(12-15-8-9-16(19)21-15)13-20(22-3,17-6-4-10-23-17)18-7-5-11-24-18/h4-7,10-11,14-16,21H,8-9,12-13H2,1-3H3. The highest BCUT2D eigenvalue weighted by Gasteiger charge is 2.50. The van der Waals surface area contributed by atoms with Gasteiger partial charge in [0.2, 0.25) is 0 Å². The highest BCUT2D eigenvalue weighted by Crippen LogP contribution is 2.52. The topological polar surface area (TPSA) is 21.3 Å². The van der Waals surface area contributed by atoms with Crippen LogP contribution in [0, 0.1) is 11.3 Å². The summed E-state index contributed by atoms with van der Waals surface area (Å²) in [6, 6.07) is 10.2. The van der Waals surface area contributed by atoms with E-state index in [1.165, 1.54) is 29.0 Å². The van der Waals surface area contributed by atoms with Crippen molar-refractivity contribution in [3.63, 3.8) is 0 Å². The second-order valence-corrected chi connectivity index (χ2v) is 9.83. The maximum absolute atomic E-state index is 6.31. The predicted octanol–water partition coefficient (Wildman–Crippen LogP) is 5.26. The summed E-state index contributed by atoms with van der Waals surface area (Å²) >= 11 is 3.65. The Hall–Kier alpha value is -0.680. The average Bonchev–Trinajstić information content (AvgIpc) is 3.32. The van der Waals surface area contributed by atoms with Crippen molar-refractivity contribution in [2.45, 2.75) is 57.2 Å².